The second-order valence-electron chi connectivity index (χ2n) is 7.05. The van der Waals surface area contributed by atoms with Crippen molar-refractivity contribution >= 4 is 0 Å². The Bertz CT molecular complexity index is 708. The predicted molar refractivity (Wildman–Crippen MR) is 98.0 cm³/mol. The van der Waals surface area contributed by atoms with Gasteiger partial charge in [0.25, 0.3) is 0 Å². The lowest BCUT2D eigenvalue weighted by atomic mass is 9.88. The molecule has 0 saturated carbocycles. The van der Waals surface area contributed by atoms with Crippen LogP contribution in [0.5, 0.6) is 0 Å². The van der Waals surface area contributed by atoms with Gasteiger partial charge in [0.15, 0.2) is 11.4 Å². The van der Waals surface area contributed by atoms with Crippen molar-refractivity contribution in [3.05, 3.63) is 71.8 Å². The van der Waals surface area contributed by atoms with Crippen LogP contribution in [0, 0.1) is 0 Å². The summed E-state index contributed by atoms with van der Waals surface area (Å²) in [6, 6.07) is 21.1. The van der Waals surface area contributed by atoms with Crippen molar-refractivity contribution in [2.24, 2.45) is 0 Å². The summed E-state index contributed by atoms with van der Waals surface area (Å²) in [7, 11) is 0. The van der Waals surface area contributed by atoms with Crippen LogP contribution in [0.25, 0.3) is 0 Å². The Balaban J connectivity index is 1.58. The van der Waals surface area contributed by atoms with Crippen LogP contribution < -0.4 is 10.6 Å². The molecule has 25 heavy (non-hydrogen) atoms. The molecule has 0 aliphatic carbocycles. The zero-order chi connectivity index (χ0) is 17.3. The van der Waals surface area contributed by atoms with Crippen LogP contribution >= 0.6 is 0 Å². The molecule has 2 aliphatic rings. The molecule has 132 valence electrons. The molecule has 4 heteroatoms. The number of benzene rings is 2. The monoisotopic (exact) mass is 338 g/mol. The summed E-state index contributed by atoms with van der Waals surface area (Å²) < 4.78 is 12.8. The quantitative estimate of drug-likeness (QED) is 0.898. The lowest BCUT2D eigenvalue weighted by Gasteiger charge is -2.57. The van der Waals surface area contributed by atoms with Gasteiger partial charge >= 0.3 is 0 Å². The molecule has 4 atom stereocenters. The molecule has 0 bridgehead atoms. The summed E-state index contributed by atoms with van der Waals surface area (Å²) in [4.78, 5) is 0. The highest BCUT2D eigenvalue weighted by atomic mass is 16.6. The highest BCUT2D eigenvalue weighted by Gasteiger charge is 2.57. The molecule has 2 N–H and O–H groups in total. The van der Waals surface area contributed by atoms with E-state index in [0.717, 1.165) is 6.42 Å². The number of morpholine rings is 2. The van der Waals surface area contributed by atoms with Gasteiger partial charge < -0.3 is 9.47 Å². The first kappa shape index (κ1) is 16.7. The zero-order valence-corrected chi connectivity index (χ0v) is 14.9. The third kappa shape index (κ3) is 2.89. The van der Waals surface area contributed by atoms with Gasteiger partial charge in [-0.25, -0.2) is 0 Å². The fourth-order valence-electron chi connectivity index (χ4n) is 4.04. The van der Waals surface area contributed by atoms with E-state index in [0.29, 0.717) is 13.2 Å². The summed E-state index contributed by atoms with van der Waals surface area (Å²) in [5.41, 5.74) is 1.33. The van der Waals surface area contributed by atoms with Crippen molar-refractivity contribution in [3.63, 3.8) is 0 Å². The van der Waals surface area contributed by atoms with Crippen molar-refractivity contribution < 1.29 is 9.47 Å². The number of hydrogen-bond acceptors (Lipinski definition) is 4. The van der Waals surface area contributed by atoms with Gasteiger partial charge in [0.1, 0.15) is 0 Å². The van der Waals surface area contributed by atoms with E-state index < -0.39 is 11.4 Å². The molecule has 0 amide bonds. The molecule has 4 nitrogen and oxygen atoms in total. The van der Waals surface area contributed by atoms with Gasteiger partial charge in [0, 0.05) is 0 Å². The first-order valence-electron chi connectivity index (χ1n) is 9.09. The summed E-state index contributed by atoms with van der Waals surface area (Å²) in [6.07, 6.45) is 0.821. The molecule has 2 heterocycles. The number of rotatable bonds is 3. The number of hydrogen-bond donors (Lipinski definition) is 2. The minimum absolute atomic E-state index is 0.126. The standard InChI is InChI=1S/C21H26N2O2/c1-3-21-20(2,22-18(15-25-21)16-10-6-4-7-11-16)24-14-19(23-21)17-12-8-5-9-13-17/h4-13,18-19,22-23H,3,14-15H2,1-2H3/t18-,19-,20+,21+/m1/s1. The lowest BCUT2D eigenvalue weighted by Crippen LogP contribution is -2.77. The lowest BCUT2D eigenvalue weighted by molar-refractivity contribution is -0.296. The largest absolute Gasteiger partial charge is 0.354 e. The SMILES string of the molecule is CC[C@@]12N[C@@H](c3ccccc3)CO[C@]1(C)N[C@@H](c1ccccc1)CO2. The van der Waals surface area contributed by atoms with E-state index in [1.165, 1.54) is 11.1 Å². The first-order chi connectivity index (χ1) is 12.2. The van der Waals surface area contributed by atoms with Crippen LogP contribution in [0.3, 0.4) is 0 Å². The van der Waals surface area contributed by atoms with Crippen molar-refractivity contribution in [2.45, 2.75) is 43.8 Å². The molecule has 0 unspecified atom stereocenters. The minimum atomic E-state index is -0.578. The Labute approximate surface area is 149 Å². The molecular weight excluding hydrogens is 312 g/mol. The predicted octanol–water partition coefficient (Wildman–Crippen LogP) is 3.53. The fraction of sp³-hybridized carbons (Fsp3) is 0.429. The van der Waals surface area contributed by atoms with Gasteiger partial charge in [-0.1, -0.05) is 67.6 Å². The van der Waals surface area contributed by atoms with Crippen molar-refractivity contribution in [1.29, 1.82) is 0 Å². The zero-order valence-electron chi connectivity index (χ0n) is 14.9. The van der Waals surface area contributed by atoms with Gasteiger partial charge in [-0.05, 0) is 24.5 Å². The van der Waals surface area contributed by atoms with Crippen LogP contribution in [-0.2, 0) is 9.47 Å². The minimum Gasteiger partial charge on any atom is -0.354 e. The third-order valence-corrected chi connectivity index (χ3v) is 5.56. The third-order valence-electron chi connectivity index (χ3n) is 5.56. The summed E-state index contributed by atoms with van der Waals surface area (Å²) in [5, 5.41) is 7.44. The molecule has 2 aromatic carbocycles. The van der Waals surface area contributed by atoms with Crippen LogP contribution in [0.1, 0.15) is 43.5 Å². The molecule has 2 fully saturated rings. The van der Waals surface area contributed by atoms with Crippen LogP contribution in [0.4, 0.5) is 0 Å². The molecular formula is C21H26N2O2. The van der Waals surface area contributed by atoms with Gasteiger partial charge in [-0.2, -0.15) is 0 Å². The van der Waals surface area contributed by atoms with Crippen molar-refractivity contribution in [1.82, 2.24) is 10.6 Å². The summed E-state index contributed by atoms with van der Waals surface area (Å²) in [6.45, 7) is 5.47. The topological polar surface area (TPSA) is 42.5 Å². The first-order valence-corrected chi connectivity index (χ1v) is 9.09. The average molecular weight is 338 g/mol. The molecule has 2 aromatic rings. The van der Waals surface area contributed by atoms with E-state index in [9.17, 15) is 0 Å². The Morgan fingerprint density at radius 3 is 1.92 bits per heavy atom. The maximum atomic E-state index is 6.44. The highest BCUT2D eigenvalue weighted by molar-refractivity contribution is 5.24. The van der Waals surface area contributed by atoms with Gasteiger partial charge in [0.05, 0.1) is 25.3 Å². The maximum absolute atomic E-state index is 6.44. The molecule has 0 spiro atoms. The second kappa shape index (κ2) is 6.54. The summed E-state index contributed by atoms with van der Waals surface area (Å²) in [5.74, 6) is 0. The smallest absolute Gasteiger partial charge is 0.162 e. The number of fused-ring (bicyclic) bond motifs is 1. The normalized spacial score (nSPS) is 35.1. The Kier molecular flexibility index (Phi) is 4.38. The van der Waals surface area contributed by atoms with Crippen LogP contribution in [0.2, 0.25) is 0 Å². The van der Waals surface area contributed by atoms with Gasteiger partial charge in [0.2, 0.25) is 0 Å². The van der Waals surface area contributed by atoms with Gasteiger partial charge in [-0.15, -0.1) is 0 Å². The molecule has 0 aromatic heterocycles. The second-order valence-corrected chi connectivity index (χ2v) is 7.05. The van der Waals surface area contributed by atoms with E-state index in [-0.39, 0.29) is 12.1 Å². The Hall–Kier alpha value is -1.72. The average Bonchev–Trinajstić information content (AvgIpc) is 2.68. The van der Waals surface area contributed by atoms with Crippen LogP contribution in [-0.4, -0.2) is 24.7 Å². The van der Waals surface area contributed by atoms with E-state index in [4.69, 9.17) is 9.47 Å². The Morgan fingerprint density at radius 2 is 1.36 bits per heavy atom. The molecule has 4 rings (SSSR count). The van der Waals surface area contributed by atoms with E-state index in [1.807, 2.05) is 12.1 Å². The number of ether oxygens (including phenoxy) is 2. The molecule has 2 saturated heterocycles. The summed E-state index contributed by atoms with van der Waals surface area (Å²) >= 11 is 0. The van der Waals surface area contributed by atoms with E-state index in [1.54, 1.807) is 0 Å². The van der Waals surface area contributed by atoms with Crippen molar-refractivity contribution in [3.8, 4) is 0 Å². The van der Waals surface area contributed by atoms with Crippen molar-refractivity contribution in [2.75, 3.05) is 13.2 Å². The highest BCUT2D eigenvalue weighted by Crippen LogP contribution is 2.41. The molecule has 2 aliphatic heterocycles. The number of nitrogens with one attached hydrogen (secondary N) is 2. The van der Waals surface area contributed by atoms with Crippen LogP contribution in [0.15, 0.2) is 60.7 Å². The van der Waals surface area contributed by atoms with E-state index >= 15 is 0 Å². The Morgan fingerprint density at radius 1 is 0.840 bits per heavy atom. The van der Waals surface area contributed by atoms with E-state index in [2.05, 4.69) is 73.0 Å². The maximum Gasteiger partial charge on any atom is 0.162 e. The molecule has 0 radical (unpaired) electrons. The van der Waals surface area contributed by atoms with Gasteiger partial charge in [-0.3, -0.25) is 10.6 Å². The fourth-order valence-corrected chi connectivity index (χ4v) is 4.04.